The third-order valence-electron chi connectivity index (χ3n) is 6.04. The molecule has 0 aromatic rings. The van der Waals surface area contributed by atoms with E-state index in [1.807, 2.05) is 0 Å². The number of piperidine rings is 2. The molecule has 28 heavy (non-hydrogen) atoms. The van der Waals surface area contributed by atoms with E-state index in [0.717, 1.165) is 0 Å². The third kappa shape index (κ3) is 7.94. The average Bonchev–Trinajstić information content (AvgIpc) is 2.42. The number of nitrogens with one attached hydrogen (secondary N) is 2. The molecule has 0 aromatic carbocycles. The fourth-order valence-corrected chi connectivity index (χ4v) is 3.90. The first-order chi connectivity index (χ1) is 12.3. The van der Waals surface area contributed by atoms with Gasteiger partial charge < -0.3 is 10.6 Å². The van der Waals surface area contributed by atoms with Crippen molar-refractivity contribution in [2.24, 2.45) is 16.2 Å². The van der Waals surface area contributed by atoms with Crippen LogP contribution in [-0.4, -0.2) is 35.2 Å². The number of Topliss-reactive ketones (excluding diaryl/α,β-unsaturated/α-hetero) is 2. The Bertz CT molecular complexity index is 535. The molecule has 0 amide bonds. The highest BCUT2D eigenvalue weighted by Crippen LogP contribution is 2.32. The number of carbonyl (C=O) groups is 2. The summed E-state index contributed by atoms with van der Waals surface area (Å²) in [5.74, 6) is 0.803. The molecule has 4 heteroatoms. The van der Waals surface area contributed by atoms with Crippen molar-refractivity contribution in [3.8, 4) is 0 Å². The molecule has 2 heterocycles. The standard InChI is InChI=1S/C13H25NO.C11H21NO/c1-12(2,3)10-7-9(15)8-11(14-10)13(4,5)6;1-10(2,3)9-6-8(13)7-11(4,5)12-9/h10-11,14H,7-8H2,1-6H3;9,12H,6-7H2,1-5H3. The Morgan fingerprint density at radius 2 is 1.04 bits per heavy atom. The first-order valence-electron chi connectivity index (χ1n) is 10.9. The molecule has 3 atom stereocenters. The largest absolute Gasteiger partial charge is 0.309 e. The van der Waals surface area contributed by atoms with E-state index in [0.29, 0.717) is 55.4 Å². The predicted octanol–water partition coefficient (Wildman–Crippen LogP) is 4.90. The molecule has 4 nitrogen and oxygen atoms in total. The molecule has 2 aliphatic heterocycles. The topological polar surface area (TPSA) is 58.2 Å². The minimum atomic E-state index is -0.0206. The fourth-order valence-electron chi connectivity index (χ4n) is 3.90. The Hall–Kier alpha value is -0.740. The monoisotopic (exact) mass is 394 g/mol. The van der Waals surface area contributed by atoms with E-state index in [-0.39, 0.29) is 21.8 Å². The molecule has 0 saturated carbocycles. The summed E-state index contributed by atoms with van der Waals surface area (Å²) in [4.78, 5) is 23.2. The van der Waals surface area contributed by atoms with E-state index in [2.05, 4.69) is 86.8 Å². The van der Waals surface area contributed by atoms with Crippen molar-refractivity contribution in [1.29, 1.82) is 0 Å². The number of carbonyl (C=O) groups excluding carboxylic acids is 2. The lowest BCUT2D eigenvalue weighted by molar-refractivity contribution is -0.124. The van der Waals surface area contributed by atoms with E-state index in [9.17, 15) is 9.59 Å². The van der Waals surface area contributed by atoms with Gasteiger partial charge in [-0.05, 0) is 30.1 Å². The van der Waals surface area contributed by atoms with Crippen molar-refractivity contribution < 1.29 is 9.59 Å². The van der Waals surface area contributed by atoms with Crippen LogP contribution in [0.25, 0.3) is 0 Å². The van der Waals surface area contributed by atoms with E-state index in [1.54, 1.807) is 0 Å². The van der Waals surface area contributed by atoms with Crippen LogP contribution < -0.4 is 10.6 Å². The van der Waals surface area contributed by atoms with Crippen molar-refractivity contribution in [3.05, 3.63) is 0 Å². The molecule has 2 fully saturated rings. The van der Waals surface area contributed by atoms with Gasteiger partial charge >= 0.3 is 0 Å². The summed E-state index contributed by atoms with van der Waals surface area (Å²) in [6.07, 6.45) is 2.73. The zero-order valence-electron chi connectivity index (χ0n) is 20.4. The zero-order chi connectivity index (χ0) is 22.1. The molecule has 0 aliphatic carbocycles. The van der Waals surface area contributed by atoms with Crippen molar-refractivity contribution in [1.82, 2.24) is 10.6 Å². The number of hydrogen-bond donors (Lipinski definition) is 2. The molecule has 3 unspecified atom stereocenters. The fraction of sp³-hybridized carbons (Fsp3) is 0.917. The second-order valence-electron chi connectivity index (χ2n) is 12.8. The van der Waals surface area contributed by atoms with Gasteiger partial charge in [-0.15, -0.1) is 0 Å². The van der Waals surface area contributed by atoms with Gasteiger partial charge in [0.2, 0.25) is 0 Å². The normalized spacial score (nSPS) is 29.2. The van der Waals surface area contributed by atoms with Crippen LogP contribution in [0, 0.1) is 16.2 Å². The van der Waals surface area contributed by atoms with Crippen LogP contribution in [0.1, 0.15) is 102 Å². The summed E-state index contributed by atoms with van der Waals surface area (Å²) in [6.45, 7) is 23.9. The van der Waals surface area contributed by atoms with Crippen molar-refractivity contribution in [3.63, 3.8) is 0 Å². The minimum Gasteiger partial charge on any atom is -0.309 e. The quantitative estimate of drug-likeness (QED) is 0.613. The second kappa shape index (κ2) is 8.55. The molecule has 2 N–H and O–H groups in total. The molecule has 2 aliphatic rings. The van der Waals surface area contributed by atoms with Gasteiger partial charge in [-0.3, -0.25) is 9.59 Å². The van der Waals surface area contributed by atoms with Crippen LogP contribution in [0.5, 0.6) is 0 Å². The molecule has 164 valence electrons. The molecule has 0 bridgehead atoms. The van der Waals surface area contributed by atoms with Gasteiger partial charge in [0.25, 0.3) is 0 Å². The average molecular weight is 395 g/mol. The summed E-state index contributed by atoms with van der Waals surface area (Å²) in [6, 6.07) is 0.967. The van der Waals surface area contributed by atoms with E-state index in [1.165, 1.54) is 0 Å². The highest BCUT2D eigenvalue weighted by molar-refractivity contribution is 5.81. The summed E-state index contributed by atoms with van der Waals surface area (Å²) < 4.78 is 0. The summed E-state index contributed by atoms with van der Waals surface area (Å²) in [5, 5.41) is 7.19. The van der Waals surface area contributed by atoms with E-state index in [4.69, 9.17) is 0 Å². The highest BCUT2D eigenvalue weighted by Gasteiger charge is 2.38. The van der Waals surface area contributed by atoms with Gasteiger partial charge in [-0.25, -0.2) is 0 Å². The van der Waals surface area contributed by atoms with Crippen molar-refractivity contribution >= 4 is 11.6 Å². The van der Waals surface area contributed by atoms with Crippen LogP contribution in [0.15, 0.2) is 0 Å². The van der Waals surface area contributed by atoms with Gasteiger partial charge in [0.05, 0.1) is 0 Å². The van der Waals surface area contributed by atoms with Crippen LogP contribution in [-0.2, 0) is 9.59 Å². The van der Waals surface area contributed by atoms with Gasteiger partial charge in [0.15, 0.2) is 0 Å². The Morgan fingerprint density at radius 3 is 1.36 bits per heavy atom. The lowest BCUT2D eigenvalue weighted by atomic mass is 9.75. The Labute approximate surface area is 174 Å². The molecule has 2 saturated heterocycles. The number of ketones is 2. The van der Waals surface area contributed by atoms with Gasteiger partial charge in [0.1, 0.15) is 11.6 Å². The Balaban J connectivity index is 0.000000283. The molecule has 2 rings (SSSR count). The molecule has 0 spiro atoms. The van der Waals surface area contributed by atoms with Crippen LogP contribution >= 0.6 is 0 Å². The van der Waals surface area contributed by atoms with E-state index < -0.39 is 0 Å². The molecule has 0 radical (unpaired) electrons. The minimum absolute atomic E-state index is 0.0206. The van der Waals surface area contributed by atoms with E-state index >= 15 is 0 Å². The first-order valence-corrected chi connectivity index (χ1v) is 10.9. The summed E-state index contributed by atoms with van der Waals surface area (Å²) in [5.41, 5.74) is 0.486. The molecular formula is C24H46N2O2. The van der Waals surface area contributed by atoms with Crippen LogP contribution in [0.4, 0.5) is 0 Å². The van der Waals surface area contributed by atoms with Gasteiger partial charge in [-0.1, -0.05) is 62.3 Å². The maximum absolute atomic E-state index is 11.7. The predicted molar refractivity (Wildman–Crippen MR) is 119 cm³/mol. The summed E-state index contributed by atoms with van der Waals surface area (Å²) in [7, 11) is 0. The number of rotatable bonds is 0. The lowest BCUT2D eigenvalue weighted by Crippen LogP contribution is -2.56. The van der Waals surface area contributed by atoms with Crippen molar-refractivity contribution in [2.45, 2.75) is 126 Å². The maximum Gasteiger partial charge on any atom is 0.136 e. The Kier molecular flexibility index (Phi) is 7.73. The third-order valence-corrected chi connectivity index (χ3v) is 6.04. The van der Waals surface area contributed by atoms with Crippen molar-refractivity contribution in [2.75, 3.05) is 0 Å². The zero-order valence-corrected chi connectivity index (χ0v) is 20.4. The SMILES string of the molecule is CC(C)(C)C1CC(=O)CC(C(C)(C)C)N1.CC1(C)CC(=O)CC(C(C)(C)C)N1. The summed E-state index contributed by atoms with van der Waals surface area (Å²) >= 11 is 0. The Morgan fingerprint density at radius 1 is 0.679 bits per heavy atom. The smallest absolute Gasteiger partial charge is 0.136 e. The highest BCUT2D eigenvalue weighted by atomic mass is 16.1. The lowest BCUT2D eigenvalue weighted by Gasteiger charge is -2.43. The van der Waals surface area contributed by atoms with Gasteiger partial charge in [-0.2, -0.15) is 0 Å². The van der Waals surface area contributed by atoms with Crippen LogP contribution in [0.3, 0.4) is 0 Å². The maximum atomic E-state index is 11.7. The second-order valence-corrected chi connectivity index (χ2v) is 12.8. The first kappa shape index (κ1) is 25.3. The molecular weight excluding hydrogens is 348 g/mol. The van der Waals surface area contributed by atoms with Crippen LogP contribution in [0.2, 0.25) is 0 Å². The molecule has 0 aromatic heterocycles. The van der Waals surface area contributed by atoms with Gasteiger partial charge in [0, 0.05) is 49.3 Å². The number of hydrogen-bond acceptors (Lipinski definition) is 4.